The summed E-state index contributed by atoms with van der Waals surface area (Å²) in [5.74, 6) is 0.161. The van der Waals surface area contributed by atoms with Crippen LogP contribution in [-0.2, 0) is 23.7 Å². The minimum atomic E-state index is -0.291. The molecule has 4 atom stereocenters. The summed E-state index contributed by atoms with van der Waals surface area (Å²) >= 11 is 0. The molecule has 1 rings (SSSR count). The summed E-state index contributed by atoms with van der Waals surface area (Å²) in [7, 11) is 0. The van der Waals surface area contributed by atoms with Crippen LogP contribution in [0.5, 0.6) is 0 Å². The highest BCUT2D eigenvalue weighted by Gasteiger charge is 2.32. The molecule has 1 aliphatic heterocycles. The summed E-state index contributed by atoms with van der Waals surface area (Å²) in [6.07, 6.45) is 0.333. The lowest BCUT2D eigenvalue weighted by molar-refractivity contribution is -0.283. The maximum atomic E-state index is 11.0. The van der Waals surface area contributed by atoms with Gasteiger partial charge in [-0.25, -0.2) is 0 Å². The van der Waals surface area contributed by atoms with Crippen LogP contribution in [0.25, 0.3) is 0 Å². The topological polar surface area (TPSA) is 54.0 Å². The minimum absolute atomic E-state index is 0.111. The fourth-order valence-corrected chi connectivity index (χ4v) is 1.96. The molecule has 1 aliphatic rings. The van der Waals surface area contributed by atoms with Gasteiger partial charge in [0.1, 0.15) is 11.9 Å². The van der Waals surface area contributed by atoms with E-state index in [2.05, 4.69) is 0 Å². The van der Waals surface area contributed by atoms with Gasteiger partial charge in [-0.05, 0) is 34.1 Å². The van der Waals surface area contributed by atoms with Gasteiger partial charge in [0, 0.05) is 13.0 Å². The Hall–Kier alpha value is -0.490. The van der Waals surface area contributed by atoms with Crippen LogP contribution in [0.1, 0.15) is 40.5 Å². The number of hydrogen-bond donors (Lipinski definition) is 0. The van der Waals surface area contributed by atoms with Crippen molar-refractivity contribution < 1.29 is 23.7 Å². The molecule has 1 saturated heterocycles. The fourth-order valence-electron chi connectivity index (χ4n) is 1.96. The maximum Gasteiger partial charge on any atom is 0.155 e. The van der Waals surface area contributed by atoms with Crippen LogP contribution in [-0.4, -0.2) is 43.8 Å². The smallest absolute Gasteiger partial charge is 0.155 e. The number of carbonyl (C=O) groups is 1. The van der Waals surface area contributed by atoms with Crippen molar-refractivity contribution in [3.05, 3.63) is 0 Å². The molecule has 0 N–H and O–H groups in total. The van der Waals surface area contributed by atoms with Gasteiger partial charge in [-0.1, -0.05) is 0 Å². The van der Waals surface area contributed by atoms with E-state index in [9.17, 15) is 4.79 Å². The molecule has 106 valence electrons. The van der Waals surface area contributed by atoms with Crippen molar-refractivity contribution in [2.45, 2.75) is 65.3 Å². The molecule has 0 amide bonds. The van der Waals surface area contributed by atoms with Crippen LogP contribution in [0, 0.1) is 0 Å². The first-order valence-electron chi connectivity index (χ1n) is 6.56. The van der Waals surface area contributed by atoms with Crippen molar-refractivity contribution in [3.63, 3.8) is 0 Å². The van der Waals surface area contributed by atoms with E-state index in [0.717, 1.165) is 0 Å². The molecule has 0 bridgehead atoms. The standard InChI is InChI=1S/C13H24O5/c1-5-15-10(3)18-13-8-16-11(4)17-12(13)7-6-9(2)14/h10-13H,5-8H2,1-4H3/t10?,11-,12+,13+/m0/s1. The predicted molar refractivity (Wildman–Crippen MR) is 66.2 cm³/mol. The number of ketones is 1. The molecule has 1 fully saturated rings. The Morgan fingerprint density at radius 3 is 2.83 bits per heavy atom. The van der Waals surface area contributed by atoms with Gasteiger partial charge < -0.3 is 23.7 Å². The lowest BCUT2D eigenvalue weighted by Gasteiger charge is -2.36. The van der Waals surface area contributed by atoms with Crippen LogP contribution in [0.3, 0.4) is 0 Å². The molecule has 18 heavy (non-hydrogen) atoms. The highest BCUT2D eigenvalue weighted by atomic mass is 16.7. The average Bonchev–Trinajstić information content (AvgIpc) is 2.29. The van der Waals surface area contributed by atoms with Crippen LogP contribution in [0.15, 0.2) is 0 Å². The van der Waals surface area contributed by atoms with E-state index >= 15 is 0 Å². The zero-order chi connectivity index (χ0) is 13.5. The summed E-state index contributed by atoms with van der Waals surface area (Å²) in [4.78, 5) is 11.0. The van der Waals surface area contributed by atoms with Gasteiger partial charge >= 0.3 is 0 Å². The van der Waals surface area contributed by atoms with Crippen molar-refractivity contribution in [1.82, 2.24) is 0 Å². The van der Waals surface area contributed by atoms with E-state index in [0.29, 0.717) is 26.1 Å². The summed E-state index contributed by atoms with van der Waals surface area (Å²) in [5, 5.41) is 0. The molecule has 0 aromatic carbocycles. The molecule has 0 spiro atoms. The van der Waals surface area contributed by atoms with Crippen molar-refractivity contribution in [2.75, 3.05) is 13.2 Å². The predicted octanol–water partition coefficient (Wildman–Crippen LogP) is 1.88. The number of rotatable bonds is 7. The van der Waals surface area contributed by atoms with E-state index in [4.69, 9.17) is 18.9 Å². The summed E-state index contributed by atoms with van der Waals surface area (Å²) in [5.41, 5.74) is 0. The average molecular weight is 260 g/mol. The zero-order valence-electron chi connectivity index (χ0n) is 11.7. The van der Waals surface area contributed by atoms with E-state index in [1.807, 2.05) is 20.8 Å². The van der Waals surface area contributed by atoms with Gasteiger partial charge in [0.2, 0.25) is 0 Å². The first-order chi connectivity index (χ1) is 8.52. The lowest BCUT2D eigenvalue weighted by Crippen LogP contribution is -2.46. The highest BCUT2D eigenvalue weighted by molar-refractivity contribution is 5.75. The fraction of sp³-hybridized carbons (Fsp3) is 0.923. The van der Waals surface area contributed by atoms with Gasteiger partial charge in [-0.3, -0.25) is 0 Å². The molecule has 1 heterocycles. The van der Waals surface area contributed by atoms with Gasteiger partial charge in [0.15, 0.2) is 12.6 Å². The zero-order valence-corrected chi connectivity index (χ0v) is 11.7. The minimum Gasteiger partial charge on any atom is -0.353 e. The van der Waals surface area contributed by atoms with Gasteiger partial charge in [0.25, 0.3) is 0 Å². The molecule has 0 saturated carbocycles. The van der Waals surface area contributed by atoms with Crippen molar-refractivity contribution in [1.29, 1.82) is 0 Å². The Morgan fingerprint density at radius 2 is 2.22 bits per heavy atom. The van der Waals surface area contributed by atoms with Crippen LogP contribution >= 0.6 is 0 Å². The molecular weight excluding hydrogens is 236 g/mol. The quantitative estimate of drug-likeness (QED) is 0.654. The summed E-state index contributed by atoms with van der Waals surface area (Å²) in [6.45, 7) is 8.28. The van der Waals surface area contributed by atoms with E-state index < -0.39 is 0 Å². The van der Waals surface area contributed by atoms with Crippen LogP contribution in [0.4, 0.5) is 0 Å². The van der Waals surface area contributed by atoms with Crippen molar-refractivity contribution >= 4 is 5.78 Å². The molecule has 0 aromatic rings. The van der Waals surface area contributed by atoms with Gasteiger partial charge in [-0.2, -0.15) is 0 Å². The SMILES string of the molecule is CCOC(C)O[C@@H]1CO[C@H](C)O[C@@H]1CCC(C)=O. The second-order valence-corrected chi connectivity index (χ2v) is 4.51. The molecule has 0 radical (unpaired) electrons. The maximum absolute atomic E-state index is 11.0. The molecular formula is C13H24O5. The van der Waals surface area contributed by atoms with Crippen molar-refractivity contribution in [2.24, 2.45) is 0 Å². The van der Waals surface area contributed by atoms with E-state index in [1.165, 1.54) is 0 Å². The summed E-state index contributed by atoms with van der Waals surface area (Å²) < 4.78 is 22.2. The number of Topliss-reactive ketones (excluding diaryl/α,β-unsaturated/α-hetero) is 1. The van der Waals surface area contributed by atoms with E-state index in [-0.39, 0.29) is 30.6 Å². The largest absolute Gasteiger partial charge is 0.353 e. The number of carbonyl (C=O) groups excluding carboxylic acids is 1. The van der Waals surface area contributed by atoms with E-state index in [1.54, 1.807) is 6.92 Å². The Morgan fingerprint density at radius 1 is 1.50 bits per heavy atom. The van der Waals surface area contributed by atoms with Gasteiger partial charge in [0.05, 0.1) is 12.7 Å². The molecule has 5 heteroatoms. The molecule has 5 nitrogen and oxygen atoms in total. The molecule has 0 aromatic heterocycles. The number of hydrogen-bond acceptors (Lipinski definition) is 5. The first kappa shape index (κ1) is 15.6. The normalized spacial score (nSPS) is 30.1. The third-order valence-electron chi connectivity index (χ3n) is 2.83. The Bertz CT molecular complexity index is 256. The third-order valence-corrected chi connectivity index (χ3v) is 2.83. The highest BCUT2D eigenvalue weighted by Crippen LogP contribution is 2.21. The second kappa shape index (κ2) is 7.84. The molecule has 0 aliphatic carbocycles. The Kier molecular flexibility index (Phi) is 6.78. The third kappa shape index (κ3) is 5.44. The number of ether oxygens (including phenoxy) is 4. The van der Waals surface area contributed by atoms with Crippen LogP contribution < -0.4 is 0 Å². The summed E-state index contributed by atoms with van der Waals surface area (Å²) in [6, 6.07) is 0. The molecule has 1 unspecified atom stereocenters. The van der Waals surface area contributed by atoms with Crippen molar-refractivity contribution in [3.8, 4) is 0 Å². The Labute approximate surface area is 109 Å². The Balaban J connectivity index is 2.47. The monoisotopic (exact) mass is 260 g/mol. The lowest BCUT2D eigenvalue weighted by atomic mass is 10.1. The van der Waals surface area contributed by atoms with Gasteiger partial charge in [-0.15, -0.1) is 0 Å². The first-order valence-corrected chi connectivity index (χ1v) is 6.56. The second-order valence-electron chi connectivity index (χ2n) is 4.51. The van der Waals surface area contributed by atoms with Crippen LogP contribution in [0.2, 0.25) is 0 Å².